The Labute approximate surface area is 150 Å². The largest absolute Gasteiger partial charge is 0.481 e. The van der Waals surface area contributed by atoms with Gasteiger partial charge in [-0.2, -0.15) is 0 Å². The van der Waals surface area contributed by atoms with E-state index < -0.39 is 11.4 Å². The minimum atomic E-state index is -0.852. The van der Waals surface area contributed by atoms with E-state index >= 15 is 0 Å². The molecular formula is C17H20N4O3S. The van der Waals surface area contributed by atoms with E-state index in [4.69, 9.17) is 0 Å². The van der Waals surface area contributed by atoms with Gasteiger partial charge in [0, 0.05) is 18.8 Å². The zero-order valence-electron chi connectivity index (χ0n) is 14.2. The summed E-state index contributed by atoms with van der Waals surface area (Å²) >= 11 is 1.31. The number of amides is 1. The number of aromatic nitrogens is 3. The van der Waals surface area contributed by atoms with Crippen molar-refractivity contribution in [3.8, 4) is 5.69 Å². The number of aryl methyl sites for hydroxylation is 1. The lowest BCUT2D eigenvalue weighted by Crippen LogP contribution is -2.35. The number of likely N-dealkylation sites (tertiary alicyclic amines) is 1. The molecule has 3 rings (SSSR count). The van der Waals surface area contributed by atoms with Gasteiger partial charge in [-0.1, -0.05) is 29.5 Å². The molecule has 0 spiro atoms. The fourth-order valence-corrected chi connectivity index (χ4v) is 3.60. The molecule has 1 amide bonds. The van der Waals surface area contributed by atoms with Crippen molar-refractivity contribution in [1.82, 2.24) is 19.7 Å². The first kappa shape index (κ1) is 17.5. The number of hydrogen-bond donors (Lipinski definition) is 1. The monoisotopic (exact) mass is 360 g/mol. The van der Waals surface area contributed by atoms with Crippen LogP contribution in [0.5, 0.6) is 0 Å². The van der Waals surface area contributed by atoms with Crippen LogP contribution in [0.4, 0.5) is 0 Å². The van der Waals surface area contributed by atoms with Crippen molar-refractivity contribution in [3.63, 3.8) is 0 Å². The van der Waals surface area contributed by atoms with Crippen molar-refractivity contribution in [2.75, 3.05) is 18.8 Å². The van der Waals surface area contributed by atoms with Crippen LogP contribution in [0.2, 0.25) is 0 Å². The summed E-state index contributed by atoms with van der Waals surface area (Å²) < 4.78 is 1.84. The van der Waals surface area contributed by atoms with E-state index in [1.54, 1.807) is 18.2 Å². The second kappa shape index (κ2) is 6.87. The zero-order valence-corrected chi connectivity index (χ0v) is 15.0. The third-order valence-electron chi connectivity index (χ3n) is 4.50. The van der Waals surface area contributed by atoms with Crippen LogP contribution in [0.25, 0.3) is 5.69 Å². The number of carboxylic acid groups (broad SMARTS) is 1. The van der Waals surface area contributed by atoms with E-state index in [9.17, 15) is 14.7 Å². The maximum atomic E-state index is 12.4. The summed E-state index contributed by atoms with van der Waals surface area (Å²) in [5.74, 6) is -0.719. The minimum absolute atomic E-state index is 0.0755. The molecule has 1 saturated heterocycles. The van der Waals surface area contributed by atoms with Crippen molar-refractivity contribution < 1.29 is 14.7 Å². The maximum Gasteiger partial charge on any atom is 0.311 e. The molecule has 2 aromatic rings. The van der Waals surface area contributed by atoms with E-state index in [1.165, 1.54) is 11.8 Å². The summed E-state index contributed by atoms with van der Waals surface area (Å²) in [6, 6.07) is 7.96. The second-order valence-electron chi connectivity index (χ2n) is 6.54. The molecule has 0 aliphatic carbocycles. The number of carbonyl (C=O) groups is 2. The molecule has 1 unspecified atom stereocenters. The Balaban J connectivity index is 1.63. The molecule has 1 aromatic heterocycles. The van der Waals surface area contributed by atoms with Gasteiger partial charge in [0.1, 0.15) is 6.33 Å². The fourth-order valence-electron chi connectivity index (χ4n) is 2.77. The number of nitrogens with zero attached hydrogens (tertiary/aromatic N) is 4. The maximum absolute atomic E-state index is 12.4. The topological polar surface area (TPSA) is 88.3 Å². The van der Waals surface area contributed by atoms with Gasteiger partial charge in [0.2, 0.25) is 5.91 Å². The van der Waals surface area contributed by atoms with Crippen molar-refractivity contribution in [1.29, 1.82) is 0 Å². The van der Waals surface area contributed by atoms with Crippen LogP contribution in [0.3, 0.4) is 0 Å². The summed E-state index contributed by atoms with van der Waals surface area (Å²) in [5.41, 5.74) is 1.25. The summed E-state index contributed by atoms with van der Waals surface area (Å²) in [7, 11) is 0. The summed E-state index contributed by atoms with van der Waals surface area (Å²) in [5, 5.41) is 17.9. The van der Waals surface area contributed by atoms with Crippen LogP contribution in [-0.2, 0) is 9.59 Å². The standard InChI is InChI=1S/C17H20N4O3S/c1-12-3-5-13(6-4-12)21-11-18-19-16(21)25-9-14(22)20-8-7-17(2,10-20)15(23)24/h3-6,11H,7-10H2,1-2H3,(H,23,24). The van der Waals surface area contributed by atoms with Gasteiger partial charge in [-0.25, -0.2) is 0 Å². The van der Waals surface area contributed by atoms with Gasteiger partial charge in [-0.15, -0.1) is 10.2 Å². The highest BCUT2D eigenvalue weighted by molar-refractivity contribution is 7.99. The predicted molar refractivity (Wildman–Crippen MR) is 93.8 cm³/mol. The molecule has 25 heavy (non-hydrogen) atoms. The van der Waals surface area contributed by atoms with Crippen molar-refractivity contribution in [2.45, 2.75) is 25.4 Å². The van der Waals surface area contributed by atoms with Crippen LogP contribution in [0.1, 0.15) is 18.9 Å². The van der Waals surface area contributed by atoms with Gasteiger partial charge in [-0.3, -0.25) is 14.2 Å². The molecule has 1 fully saturated rings. The number of benzene rings is 1. The van der Waals surface area contributed by atoms with Gasteiger partial charge < -0.3 is 10.0 Å². The van der Waals surface area contributed by atoms with Crippen LogP contribution in [0, 0.1) is 12.3 Å². The third kappa shape index (κ3) is 3.68. The number of aliphatic carboxylic acids is 1. The molecule has 1 atom stereocenters. The first-order chi connectivity index (χ1) is 11.9. The number of thioether (sulfide) groups is 1. The molecule has 1 N–H and O–H groups in total. The van der Waals surface area contributed by atoms with Crippen molar-refractivity contribution in [3.05, 3.63) is 36.2 Å². The molecule has 0 saturated carbocycles. The van der Waals surface area contributed by atoms with E-state index in [2.05, 4.69) is 10.2 Å². The van der Waals surface area contributed by atoms with E-state index in [0.29, 0.717) is 18.1 Å². The lowest BCUT2D eigenvalue weighted by atomic mass is 9.90. The van der Waals surface area contributed by atoms with Crippen molar-refractivity contribution >= 4 is 23.6 Å². The van der Waals surface area contributed by atoms with Crippen molar-refractivity contribution in [2.24, 2.45) is 5.41 Å². The van der Waals surface area contributed by atoms with Gasteiger partial charge >= 0.3 is 5.97 Å². The lowest BCUT2D eigenvalue weighted by Gasteiger charge is -2.20. The second-order valence-corrected chi connectivity index (χ2v) is 7.48. The number of carboxylic acids is 1. The summed E-state index contributed by atoms with van der Waals surface area (Å²) in [6.07, 6.45) is 2.10. The predicted octanol–water partition coefficient (Wildman–Crippen LogP) is 1.99. The normalized spacial score (nSPS) is 20.0. The average molecular weight is 360 g/mol. The van der Waals surface area contributed by atoms with Crippen LogP contribution in [0.15, 0.2) is 35.7 Å². The Morgan fingerprint density at radius 1 is 1.32 bits per heavy atom. The van der Waals surface area contributed by atoms with Crippen LogP contribution in [-0.4, -0.2) is 55.5 Å². The molecular weight excluding hydrogens is 340 g/mol. The first-order valence-corrected chi connectivity index (χ1v) is 8.99. The zero-order chi connectivity index (χ0) is 18.0. The highest BCUT2D eigenvalue weighted by atomic mass is 32.2. The molecule has 0 radical (unpaired) electrons. The molecule has 8 heteroatoms. The molecule has 7 nitrogen and oxygen atoms in total. The fraction of sp³-hybridized carbons (Fsp3) is 0.412. The van der Waals surface area contributed by atoms with Crippen LogP contribution < -0.4 is 0 Å². The molecule has 132 valence electrons. The molecule has 0 bridgehead atoms. The van der Waals surface area contributed by atoms with Gasteiger partial charge in [0.25, 0.3) is 0 Å². The highest BCUT2D eigenvalue weighted by Crippen LogP contribution is 2.31. The Morgan fingerprint density at radius 3 is 2.68 bits per heavy atom. The van der Waals surface area contributed by atoms with E-state index in [0.717, 1.165) is 11.3 Å². The smallest absolute Gasteiger partial charge is 0.311 e. The Bertz CT molecular complexity index is 789. The average Bonchev–Trinajstić information content (AvgIpc) is 3.21. The molecule has 1 aliphatic rings. The van der Waals surface area contributed by atoms with Crippen LogP contribution >= 0.6 is 11.8 Å². The number of carbonyl (C=O) groups excluding carboxylic acids is 1. The first-order valence-electron chi connectivity index (χ1n) is 8.00. The Morgan fingerprint density at radius 2 is 2.04 bits per heavy atom. The van der Waals surface area contributed by atoms with Gasteiger partial charge in [0.15, 0.2) is 5.16 Å². The van der Waals surface area contributed by atoms with E-state index in [1.807, 2.05) is 35.8 Å². The van der Waals surface area contributed by atoms with Gasteiger partial charge in [0.05, 0.1) is 11.2 Å². The highest BCUT2D eigenvalue weighted by Gasteiger charge is 2.41. The summed E-state index contributed by atoms with van der Waals surface area (Å²) in [4.78, 5) is 25.3. The number of rotatable bonds is 5. The Kier molecular flexibility index (Phi) is 4.80. The van der Waals surface area contributed by atoms with Gasteiger partial charge in [-0.05, 0) is 32.4 Å². The SMILES string of the molecule is Cc1ccc(-n2cnnc2SCC(=O)N2CCC(C)(C(=O)O)C2)cc1. The lowest BCUT2D eigenvalue weighted by molar-refractivity contribution is -0.147. The number of hydrogen-bond acceptors (Lipinski definition) is 5. The molecule has 1 aromatic carbocycles. The third-order valence-corrected chi connectivity index (χ3v) is 5.42. The Hall–Kier alpha value is -2.35. The quantitative estimate of drug-likeness (QED) is 0.821. The van der Waals surface area contributed by atoms with E-state index in [-0.39, 0.29) is 18.2 Å². The minimum Gasteiger partial charge on any atom is -0.481 e. The summed E-state index contributed by atoms with van der Waals surface area (Å²) in [6.45, 7) is 4.44. The molecule has 1 aliphatic heterocycles. The molecule has 2 heterocycles.